The van der Waals surface area contributed by atoms with E-state index >= 15 is 0 Å². The van der Waals surface area contributed by atoms with Crippen molar-refractivity contribution in [3.8, 4) is 5.75 Å². The van der Waals surface area contributed by atoms with Gasteiger partial charge in [-0.3, -0.25) is 4.68 Å². The van der Waals surface area contributed by atoms with Gasteiger partial charge in [0.2, 0.25) is 0 Å². The Labute approximate surface area is 121 Å². The van der Waals surface area contributed by atoms with Gasteiger partial charge in [0.15, 0.2) is 0 Å². The van der Waals surface area contributed by atoms with Crippen LogP contribution in [0.5, 0.6) is 5.75 Å². The number of halogens is 1. The predicted molar refractivity (Wildman–Crippen MR) is 79.2 cm³/mol. The Morgan fingerprint density at radius 3 is 2.89 bits per heavy atom. The van der Waals surface area contributed by atoms with Crippen molar-refractivity contribution < 1.29 is 4.74 Å². The average molecular weight is 324 g/mol. The quantitative estimate of drug-likeness (QED) is 0.919. The Bertz CT molecular complexity index is 553. The SMILES string of the molecule is CCCn1nccc1C(N)c1ccc(Br)cc1OC. The molecule has 0 amide bonds. The number of ether oxygens (including phenoxy) is 1. The van der Waals surface area contributed by atoms with Crippen molar-refractivity contribution in [1.29, 1.82) is 0 Å². The highest BCUT2D eigenvalue weighted by molar-refractivity contribution is 9.10. The summed E-state index contributed by atoms with van der Waals surface area (Å²) in [4.78, 5) is 0. The lowest BCUT2D eigenvalue weighted by Crippen LogP contribution is -2.18. The van der Waals surface area contributed by atoms with Gasteiger partial charge < -0.3 is 10.5 Å². The first-order valence-corrected chi connectivity index (χ1v) is 7.07. The monoisotopic (exact) mass is 323 g/mol. The minimum atomic E-state index is -0.239. The molecule has 1 atom stereocenters. The van der Waals surface area contributed by atoms with Crippen LogP contribution in [-0.4, -0.2) is 16.9 Å². The van der Waals surface area contributed by atoms with Crippen LogP contribution < -0.4 is 10.5 Å². The molecule has 4 nitrogen and oxygen atoms in total. The van der Waals surface area contributed by atoms with E-state index < -0.39 is 0 Å². The normalized spacial score (nSPS) is 12.4. The van der Waals surface area contributed by atoms with Gasteiger partial charge in [-0.05, 0) is 24.6 Å². The number of aryl methyl sites for hydroxylation is 1. The molecule has 1 aromatic heterocycles. The molecule has 2 rings (SSSR count). The maximum atomic E-state index is 6.36. The summed E-state index contributed by atoms with van der Waals surface area (Å²) in [6.45, 7) is 2.99. The number of aromatic nitrogens is 2. The van der Waals surface area contributed by atoms with Crippen LogP contribution >= 0.6 is 15.9 Å². The number of hydrogen-bond donors (Lipinski definition) is 1. The fourth-order valence-electron chi connectivity index (χ4n) is 2.11. The van der Waals surface area contributed by atoms with Crippen molar-refractivity contribution >= 4 is 15.9 Å². The van der Waals surface area contributed by atoms with Crippen LogP contribution in [0, 0.1) is 0 Å². The third-order valence-corrected chi connectivity index (χ3v) is 3.53. The topological polar surface area (TPSA) is 53.1 Å². The molecule has 0 saturated heterocycles. The number of benzene rings is 1. The molecular formula is C14H18BrN3O. The maximum absolute atomic E-state index is 6.36. The van der Waals surface area contributed by atoms with E-state index in [-0.39, 0.29) is 6.04 Å². The molecule has 0 aliphatic carbocycles. The molecule has 0 saturated carbocycles. The van der Waals surface area contributed by atoms with E-state index in [4.69, 9.17) is 10.5 Å². The van der Waals surface area contributed by atoms with E-state index in [1.54, 1.807) is 13.3 Å². The van der Waals surface area contributed by atoms with Gasteiger partial charge >= 0.3 is 0 Å². The largest absolute Gasteiger partial charge is 0.496 e. The summed E-state index contributed by atoms with van der Waals surface area (Å²) in [5.74, 6) is 0.783. The van der Waals surface area contributed by atoms with E-state index in [1.807, 2.05) is 28.9 Å². The van der Waals surface area contributed by atoms with Crippen molar-refractivity contribution in [3.63, 3.8) is 0 Å². The van der Waals surface area contributed by atoms with Gasteiger partial charge in [0.05, 0.1) is 18.8 Å². The summed E-state index contributed by atoms with van der Waals surface area (Å²) in [6.07, 6.45) is 2.81. The van der Waals surface area contributed by atoms with Gasteiger partial charge in [-0.1, -0.05) is 28.9 Å². The van der Waals surface area contributed by atoms with E-state index in [0.717, 1.165) is 34.4 Å². The van der Waals surface area contributed by atoms with Crippen molar-refractivity contribution in [2.75, 3.05) is 7.11 Å². The third kappa shape index (κ3) is 2.98. The first-order valence-electron chi connectivity index (χ1n) is 6.28. The van der Waals surface area contributed by atoms with Crippen LogP contribution in [0.4, 0.5) is 0 Å². The second-order valence-electron chi connectivity index (χ2n) is 4.34. The zero-order valence-electron chi connectivity index (χ0n) is 11.1. The average Bonchev–Trinajstić information content (AvgIpc) is 2.86. The highest BCUT2D eigenvalue weighted by atomic mass is 79.9. The van der Waals surface area contributed by atoms with Crippen LogP contribution in [0.15, 0.2) is 34.9 Å². The van der Waals surface area contributed by atoms with Crippen molar-refractivity contribution in [2.45, 2.75) is 25.9 Å². The molecule has 19 heavy (non-hydrogen) atoms. The van der Waals surface area contributed by atoms with Gasteiger partial charge in [-0.25, -0.2) is 0 Å². The van der Waals surface area contributed by atoms with Gasteiger partial charge in [-0.15, -0.1) is 0 Å². The van der Waals surface area contributed by atoms with E-state index in [1.165, 1.54) is 0 Å². The molecule has 0 aliphatic rings. The molecule has 0 radical (unpaired) electrons. The highest BCUT2D eigenvalue weighted by Crippen LogP contribution is 2.30. The molecule has 0 aliphatic heterocycles. The summed E-state index contributed by atoms with van der Waals surface area (Å²) in [5.41, 5.74) is 8.33. The molecule has 1 unspecified atom stereocenters. The third-order valence-electron chi connectivity index (χ3n) is 3.03. The summed E-state index contributed by atoms with van der Waals surface area (Å²) in [7, 11) is 1.65. The molecule has 102 valence electrons. The molecule has 2 aromatic rings. The Morgan fingerprint density at radius 2 is 2.21 bits per heavy atom. The first kappa shape index (κ1) is 14.1. The molecule has 1 aromatic carbocycles. The van der Waals surface area contributed by atoms with Gasteiger partial charge in [-0.2, -0.15) is 5.10 Å². The first-order chi connectivity index (χ1) is 9.17. The van der Waals surface area contributed by atoms with E-state index in [9.17, 15) is 0 Å². The van der Waals surface area contributed by atoms with Gasteiger partial charge in [0, 0.05) is 22.8 Å². The second kappa shape index (κ2) is 6.21. The van der Waals surface area contributed by atoms with Gasteiger partial charge in [0.1, 0.15) is 5.75 Å². The summed E-state index contributed by atoms with van der Waals surface area (Å²) >= 11 is 3.44. The van der Waals surface area contributed by atoms with Crippen LogP contribution in [0.1, 0.15) is 30.6 Å². The van der Waals surface area contributed by atoms with Crippen LogP contribution in [0.3, 0.4) is 0 Å². The predicted octanol–water partition coefficient (Wildman–Crippen LogP) is 3.11. The van der Waals surface area contributed by atoms with Crippen LogP contribution in [-0.2, 0) is 6.54 Å². The second-order valence-corrected chi connectivity index (χ2v) is 5.26. The zero-order valence-corrected chi connectivity index (χ0v) is 12.7. The lowest BCUT2D eigenvalue weighted by molar-refractivity contribution is 0.406. The highest BCUT2D eigenvalue weighted by Gasteiger charge is 2.17. The van der Waals surface area contributed by atoms with Crippen molar-refractivity contribution in [1.82, 2.24) is 9.78 Å². The standard InChI is InChI=1S/C14H18BrN3O/c1-3-8-18-12(6-7-17-18)14(16)11-5-4-10(15)9-13(11)19-2/h4-7,9,14H,3,8,16H2,1-2H3. The molecular weight excluding hydrogens is 306 g/mol. The van der Waals surface area contributed by atoms with E-state index in [2.05, 4.69) is 28.0 Å². The molecule has 0 bridgehead atoms. The molecule has 0 spiro atoms. The fraction of sp³-hybridized carbons (Fsp3) is 0.357. The zero-order chi connectivity index (χ0) is 13.8. The lowest BCUT2D eigenvalue weighted by Gasteiger charge is -2.17. The summed E-state index contributed by atoms with van der Waals surface area (Å²) in [5, 5.41) is 4.31. The molecule has 5 heteroatoms. The number of rotatable bonds is 5. The smallest absolute Gasteiger partial charge is 0.125 e. The maximum Gasteiger partial charge on any atom is 0.125 e. The van der Waals surface area contributed by atoms with E-state index in [0.29, 0.717) is 0 Å². The number of hydrogen-bond acceptors (Lipinski definition) is 3. The lowest BCUT2D eigenvalue weighted by atomic mass is 10.0. The number of nitrogens with two attached hydrogens (primary N) is 1. The number of methoxy groups -OCH3 is 1. The Morgan fingerprint density at radius 1 is 1.42 bits per heavy atom. The molecule has 0 fully saturated rings. The van der Waals surface area contributed by atoms with Crippen molar-refractivity contribution in [2.24, 2.45) is 5.73 Å². The fourth-order valence-corrected chi connectivity index (χ4v) is 2.45. The minimum Gasteiger partial charge on any atom is -0.496 e. The number of nitrogens with zero attached hydrogens (tertiary/aromatic N) is 2. The Balaban J connectivity index is 2.38. The van der Waals surface area contributed by atoms with Crippen LogP contribution in [0.2, 0.25) is 0 Å². The molecule has 2 N–H and O–H groups in total. The Hall–Kier alpha value is -1.33. The summed E-state index contributed by atoms with van der Waals surface area (Å²) in [6, 6.07) is 7.60. The van der Waals surface area contributed by atoms with Crippen LogP contribution in [0.25, 0.3) is 0 Å². The van der Waals surface area contributed by atoms with Gasteiger partial charge in [0.25, 0.3) is 0 Å². The Kier molecular flexibility index (Phi) is 4.61. The minimum absolute atomic E-state index is 0.239. The van der Waals surface area contributed by atoms with Crippen molar-refractivity contribution in [3.05, 3.63) is 46.2 Å². The molecule has 1 heterocycles. The summed E-state index contributed by atoms with van der Waals surface area (Å²) < 4.78 is 8.33.